The van der Waals surface area contributed by atoms with Crippen molar-refractivity contribution in [2.45, 2.75) is 51.9 Å². The van der Waals surface area contributed by atoms with E-state index in [1.54, 1.807) is 24.3 Å². The lowest BCUT2D eigenvalue weighted by Crippen LogP contribution is -2.25. The molecule has 2 atom stereocenters. The van der Waals surface area contributed by atoms with Crippen molar-refractivity contribution in [1.29, 1.82) is 5.41 Å². The third-order valence-corrected chi connectivity index (χ3v) is 5.02. The highest BCUT2D eigenvalue weighted by Crippen LogP contribution is 2.35. The SMILES string of the molecule is CCOC(=O)CC1CCCCC1CCC(=O)Nc1ccc(C(=N)N)cc1. The van der Waals surface area contributed by atoms with Crippen LogP contribution in [0.3, 0.4) is 0 Å². The molecule has 1 aliphatic carbocycles. The van der Waals surface area contributed by atoms with Gasteiger partial charge in [0.05, 0.1) is 6.61 Å². The number of anilines is 1. The molecule has 1 aliphatic rings. The number of ether oxygens (including phenoxy) is 1. The van der Waals surface area contributed by atoms with Crippen LogP contribution in [0.2, 0.25) is 0 Å². The predicted molar refractivity (Wildman–Crippen MR) is 102 cm³/mol. The van der Waals surface area contributed by atoms with Crippen LogP contribution >= 0.6 is 0 Å². The number of benzene rings is 1. The average molecular weight is 359 g/mol. The van der Waals surface area contributed by atoms with Crippen molar-refractivity contribution in [3.63, 3.8) is 0 Å². The van der Waals surface area contributed by atoms with Crippen LogP contribution in [0.4, 0.5) is 5.69 Å². The molecular formula is C20H29N3O3. The first-order valence-electron chi connectivity index (χ1n) is 9.39. The summed E-state index contributed by atoms with van der Waals surface area (Å²) >= 11 is 0. The van der Waals surface area contributed by atoms with Crippen molar-refractivity contribution in [2.24, 2.45) is 17.6 Å². The van der Waals surface area contributed by atoms with E-state index in [1.807, 2.05) is 6.92 Å². The van der Waals surface area contributed by atoms with Gasteiger partial charge in [0, 0.05) is 24.1 Å². The minimum atomic E-state index is -0.126. The van der Waals surface area contributed by atoms with Crippen LogP contribution in [0.25, 0.3) is 0 Å². The molecule has 6 heteroatoms. The van der Waals surface area contributed by atoms with Crippen LogP contribution in [-0.2, 0) is 14.3 Å². The van der Waals surface area contributed by atoms with Crippen molar-refractivity contribution in [3.05, 3.63) is 29.8 Å². The number of carbonyl (C=O) groups is 2. The lowest BCUT2D eigenvalue weighted by molar-refractivity contribution is -0.145. The molecule has 0 aliphatic heterocycles. The zero-order valence-corrected chi connectivity index (χ0v) is 15.4. The Hall–Kier alpha value is -2.37. The van der Waals surface area contributed by atoms with E-state index in [-0.39, 0.29) is 17.7 Å². The lowest BCUT2D eigenvalue weighted by Gasteiger charge is -2.30. The number of esters is 1. The van der Waals surface area contributed by atoms with E-state index in [2.05, 4.69) is 5.32 Å². The molecule has 0 bridgehead atoms. The second kappa shape index (κ2) is 9.94. The second-order valence-corrected chi connectivity index (χ2v) is 6.89. The molecule has 2 rings (SSSR count). The molecule has 1 fully saturated rings. The first-order valence-corrected chi connectivity index (χ1v) is 9.39. The highest BCUT2D eigenvalue weighted by molar-refractivity contribution is 5.96. The molecule has 0 aromatic heterocycles. The maximum atomic E-state index is 12.2. The zero-order valence-electron chi connectivity index (χ0n) is 15.4. The van der Waals surface area contributed by atoms with E-state index < -0.39 is 0 Å². The van der Waals surface area contributed by atoms with Gasteiger partial charge in [-0.1, -0.05) is 19.3 Å². The van der Waals surface area contributed by atoms with Gasteiger partial charge < -0.3 is 15.8 Å². The van der Waals surface area contributed by atoms with Crippen molar-refractivity contribution in [3.8, 4) is 0 Å². The Morgan fingerprint density at radius 3 is 2.46 bits per heavy atom. The Bertz CT molecular complexity index is 628. The highest BCUT2D eigenvalue weighted by Gasteiger charge is 2.27. The summed E-state index contributed by atoms with van der Waals surface area (Å²) in [5.41, 5.74) is 6.76. The van der Waals surface area contributed by atoms with Crippen LogP contribution in [0, 0.1) is 17.2 Å². The molecule has 1 saturated carbocycles. The smallest absolute Gasteiger partial charge is 0.306 e. The van der Waals surface area contributed by atoms with E-state index in [0.717, 1.165) is 32.1 Å². The average Bonchev–Trinajstić information content (AvgIpc) is 2.61. The van der Waals surface area contributed by atoms with Crippen LogP contribution in [-0.4, -0.2) is 24.3 Å². The monoisotopic (exact) mass is 359 g/mol. The molecule has 0 radical (unpaired) electrons. The summed E-state index contributed by atoms with van der Waals surface area (Å²) in [5.74, 6) is 0.581. The van der Waals surface area contributed by atoms with Crippen molar-refractivity contribution < 1.29 is 14.3 Å². The first kappa shape index (κ1) is 19.9. The Morgan fingerprint density at radius 2 is 1.85 bits per heavy atom. The summed E-state index contributed by atoms with van der Waals surface area (Å²) in [6.07, 6.45) is 6.13. The number of nitrogen functional groups attached to an aromatic ring is 1. The Labute approximate surface area is 155 Å². The maximum Gasteiger partial charge on any atom is 0.306 e. The molecule has 26 heavy (non-hydrogen) atoms. The summed E-state index contributed by atoms with van der Waals surface area (Å²) in [6.45, 7) is 2.24. The van der Waals surface area contributed by atoms with Crippen LogP contribution in [0.1, 0.15) is 57.4 Å². The Kier molecular flexibility index (Phi) is 7.63. The molecule has 1 aromatic rings. The number of amides is 1. The Morgan fingerprint density at radius 1 is 1.19 bits per heavy atom. The van der Waals surface area contributed by atoms with Gasteiger partial charge in [0.15, 0.2) is 0 Å². The van der Waals surface area contributed by atoms with E-state index >= 15 is 0 Å². The van der Waals surface area contributed by atoms with Crippen molar-refractivity contribution >= 4 is 23.4 Å². The van der Waals surface area contributed by atoms with Gasteiger partial charge >= 0.3 is 5.97 Å². The Balaban J connectivity index is 1.82. The normalized spacial score (nSPS) is 19.6. The largest absolute Gasteiger partial charge is 0.466 e. The first-order chi connectivity index (χ1) is 12.5. The fraction of sp³-hybridized carbons (Fsp3) is 0.550. The molecule has 6 nitrogen and oxygen atoms in total. The molecule has 142 valence electrons. The summed E-state index contributed by atoms with van der Waals surface area (Å²) in [7, 11) is 0. The standard InChI is InChI=1S/C20H29N3O3/c1-2-26-19(25)13-16-6-4-3-5-14(16)9-12-18(24)23-17-10-7-15(8-11-17)20(21)22/h7-8,10-11,14,16H,2-6,9,12-13H2,1H3,(H3,21,22)(H,23,24). The van der Waals surface area contributed by atoms with E-state index in [1.165, 1.54) is 0 Å². The third-order valence-electron chi connectivity index (χ3n) is 5.02. The van der Waals surface area contributed by atoms with Gasteiger partial charge in [0.2, 0.25) is 5.91 Å². The van der Waals surface area contributed by atoms with Gasteiger partial charge in [-0.25, -0.2) is 0 Å². The minimum absolute atomic E-state index is 0.00724. The predicted octanol–water partition coefficient (Wildman–Crippen LogP) is 3.45. The molecular weight excluding hydrogens is 330 g/mol. The number of nitrogens with two attached hydrogens (primary N) is 1. The molecule has 0 heterocycles. The molecule has 4 N–H and O–H groups in total. The van der Waals surface area contributed by atoms with Crippen LogP contribution < -0.4 is 11.1 Å². The summed E-state index contributed by atoms with van der Waals surface area (Å²) < 4.78 is 5.08. The number of amidine groups is 1. The molecule has 0 saturated heterocycles. The number of nitrogens with one attached hydrogen (secondary N) is 2. The van der Waals surface area contributed by atoms with Gasteiger partial charge in [-0.15, -0.1) is 0 Å². The topological polar surface area (TPSA) is 105 Å². The van der Waals surface area contributed by atoms with Gasteiger partial charge in [0.1, 0.15) is 5.84 Å². The summed E-state index contributed by atoms with van der Waals surface area (Å²) in [5, 5.41) is 10.3. The summed E-state index contributed by atoms with van der Waals surface area (Å²) in [6, 6.07) is 6.93. The number of carbonyl (C=O) groups excluding carboxylic acids is 2. The van der Waals surface area contributed by atoms with Gasteiger partial charge in [-0.3, -0.25) is 15.0 Å². The van der Waals surface area contributed by atoms with E-state index in [4.69, 9.17) is 15.9 Å². The molecule has 1 amide bonds. The molecule has 1 aromatic carbocycles. The number of hydrogen-bond acceptors (Lipinski definition) is 4. The molecule has 0 spiro atoms. The second-order valence-electron chi connectivity index (χ2n) is 6.89. The van der Waals surface area contributed by atoms with Gasteiger partial charge in [-0.05, 0) is 55.9 Å². The quantitative estimate of drug-likeness (QED) is 0.375. The minimum Gasteiger partial charge on any atom is -0.466 e. The van der Waals surface area contributed by atoms with Crippen LogP contribution in [0.5, 0.6) is 0 Å². The zero-order chi connectivity index (χ0) is 18.9. The van der Waals surface area contributed by atoms with Crippen molar-refractivity contribution in [1.82, 2.24) is 0 Å². The van der Waals surface area contributed by atoms with E-state index in [9.17, 15) is 9.59 Å². The summed E-state index contributed by atoms with van der Waals surface area (Å²) in [4.78, 5) is 24.0. The number of rotatable bonds is 8. The highest BCUT2D eigenvalue weighted by atomic mass is 16.5. The fourth-order valence-electron chi connectivity index (χ4n) is 3.64. The third kappa shape index (κ3) is 6.17. The van der Waals surface area contributed by atoms with E-state index in [0.29, 0.717) is 42.5 Å². The fourth-order valence-corrected chi connectivity index (χ4v) is 3.64. The molecule has 2 unspecified atom stereocenters. The van der Waals surface area contributed by atoms with Crippen LogP contribution in [0.15, 0.2) is 24.3 Å². The van der Waals surface area contributed by atoms with Crippen molar-refractivity contribution in [2.75, 3.05) is 11.9 Å². The lowest BCUT2D eigenvalue weighted by atomic mass is 9.75. The maximum absolute atomic E-state index is 12.2. The number of hydrogen-bond donors (Lipinski definition) is 3. The van der Waals surface area contributed by atoms with Gasteiger partial charge in [-0.2, -0.15) is 0 Å². The van der Waals surface area contributed by atoms with Gasteiger partial charge in [0.25, 0.3) is 0 Å².